The van der Waals surface area contributed by atoms with E-state index in [0.29, 0.717) is 11.3 Å². The van der Waals surface area contributed by atoms with Crippen molar-refractivity contribution in [2.24, 2.45) is 0 Å². The van der Waals surface area contributed by atoms with Crippen LogP contribution < -0.4 is 10.1 Å². The lowest BCUT2D eigenvalue weighted by atomic mass is 10.2. The van der Waals surface area contributed by atoms with E-state index in [1.807, 2.05) is 30.3 Å². The zero-order valence-electron chi connectivity index (χ0n) is 13.5. The summed E-state index contributed by atoms with van der Waals surface area (Å²) in [5.74, 6) is 0.484. The van der Waals surface area contributed by atoms with Gasteiger partial charge in [0.05, 0.1) is 0 Å². The van der Waals surface area contributed by atoms with Gasteiger partial charge in [0, 0.05) is 5.56 Å². The highest BCUT2D eigenvalue weighted by Gasteiger charge is 2.09. The van der Waals surface area contributed by atoms with Crippen molar-refractivity contribution in [1.29, 1.82) is 0 Å². The smallest absolute Gasteiger partial charge is 0.325 e. The van der Waals surface area contributed by atoms with Crippen LogP contribution in [0.5, 0.6) is 11.5 Å². The zero-order chi connectivity index (χ0) is 17.4. The quantitative estimate of drug-likeness (QED) is 0.626. The van der Waals surface area contributed by atoms with Crippen LogP contribution in [0.2, 0.25) is 0 Å². The molecule has 124 valence electrons. The SMILES string of the molecule is C=C(C)COC(=O)CNC(=O)c1ccc(Oc2ccccc2)cc1. The molecular formula is C19H19NO4. The fourth-order valence-corrected chi connectivity index (χ4v) is 1.81. The summed E-state index contributed by atoms with van der Waals surface area (Å²) in [6.07, 6.45) is 0. The van der Waals surface area contributed by atoms with Crippen LogP contribution in [0.1, 0.15) is 17.3 Å². The third kappa shape index (κ3) is 5.61. The number of hydrogen-bond acceptors (Lipinski definition) is 4. The largest absolute Gasteiger partial charge is 0.460 e. The van der Waals surface area contributed by atoms with Gasteiger partial charge in [-0.05, 0) is 48.9 Å². The van der Waals surface area contributed by atoms with E-state index in [1.165, 1.54) is 0 Å². The third-order valence-corrected chi connectivity index (χ3v) is 2.97. The number of esters is 1. The third-order valence-electron chi connectivity index (χ3n) is 2.97. The Labute approximate surface area is 140 Å². The molecule has 0 aliphatic rings. The first-order valence-corrected chi connectivity index (χ1v) is 7.46. The van der Waals surface area contributed by atoms with Crippen molar-refractivity contribution in [3.8, 4) is 11.5 Å². The van der Waals surface area contributed by atoms with Crippen LogP contribution in [0.4, 0.5) is 0 Å². The van der Waals surface area contributed by atoms with Crippen molar-refractivity contribution in [2.45, 2.75) is 6.92 Å². The summed E-state index contributed by atoms with van der Waals surface area (Å²) in [5.41, 5.74) is 1.17. The molecule has 0 unspecified atom stereocenters. The molecule has 1 N–H and O–H groups in total. The molecule has 2 aromatic rings. The summed E-state index contributed by atoms with van der Waals surface area (Å²) in [7, 11) is 0. The Morgan fingerprint density at radius 1 is 1.00 bits per heavy atom. The lowest BCUT2D eigenvalue weighted by Crippen LogP contribution is -2.30. The van der Waals surface area contributed by atoms with Gasteiger partial charge in [0.1, 0.15) is 24.7 Å². The summed E-state index contributed by atoms with van der Waals surface area (Å²) in [4.78, 5) is 23.4. The van der Waals surface area contributed by atoms with E-state index < -0.39 is 5.97 Å². The van der Waals surface area contributed by atoms with Gasteiger partial charge in [-0.3, -0.25) is 9.59 Å². The molecule has 2 rings (SSSR count). The molecule has 0 saturated carbocycles. The van der Waals surface area contributed by atoms with Crippen molar-refractivity contribution < 1.29 is 19.1 Å². The number of carbonyl (C=O) groups excluding carboxylic acids is 2. The maximum absolute atomic E-state index is 12.0. The van der Waals surface area contributed by atoms with E-state index in [0.717, 1.165) is 11.3 Å². The minimum atomic E-state index is -0.504. The Morgan fingerprint density at radius 3 is 2.25 bits per heavy atom. The average Bonchev–Trinajstić information content (AvgIpc) is 2.59. The second kappa shape index (κ2) is 8.53. The predicted molar refractivity (Wildman–Crippen MR) is 91.1 cm³/mol. The summed E-state index contributed by atoms with van der Waals surface area (Å²) in [5, 5.41) is 2.51. The van der Waals surface area contributed by atoms with Gasteiger partial charge in [0.25, 0.3) is 5.91 Å². The van der Waals surface area contributed by atoms with Crippen LogP contribution in [0, 0.1) is 0 Å². The van der Waals surface area contributed by atoms with E-state index in [1.54, 1.807) is 31.2 Å². The standard InChI is InChI=1S/C19H19NO4/c1-14(2)13-23-18(21)12-20-19(22)15-8-10-17(11-9-15)24-16-6-4-3-5-7-16/h3-11H,1,12-13H2,2H3,(H,20,22). The molecule has 0 radical (unpaired) electrons. The van der Waals surface area contributed by atoms with Gasteiger partial charge in [0.2, 0.25) is 0 Å². The van der Waals surface area contributed by atoms with Gasteiger partial charge in [-0.2, -0.15) is 0 Å². The number of nitrogens with one attached hydrogen (secondary N) is 1. The summed E-state index contributed by atoms with van der Waals surface area (Å²) in [6, 6.07) is 16.0. The molecule has 0 aliphatic heterocycles. The molecular weight excluding hydrogens is 306 g/mol. The molecule has 0 heterocycles. The molecule has 0 fully saturated rings. The number of carbonyl (C=O) groups is 2. The number of ether oxygens (including phenoxy) is 2. The second-order valence-corrected chi connectivity index (χ2v) is 5.24. The molecule has 24 heavy (non-hydrogen) atoms. The lowest BCUT2D eigenvalue weighted by molar-refractivity contribution is -0.141. The molecule has 0 aliphatic carbocycles. The van der Waals surface area contributed by atoms with Crippen molar-refractivity contribution in [3.63, 3.8) is 0 Å². The van der Waals surface area contributed by atoms with Gasteiger partial charge in [-0.1, -0.05) is 24.8 Å². The van der Waals surface area contributed by atoms with Gasteiger partial charge < -0.3 is 14.8 Å². The summed E-state index contributed by atoms with van der Waals surface area (Å²) in [6.45, 7) is 5.35. The molecule has 0 spiro atoms. The molecule has 5 nitrogen and oxygen atoms in total. The van der Waals surface area contributed by atoms with Gasteiger partial charge in [-0.15, -0.1) is 0 Å². The van der Waals surface area contributed by atoms with Crippen LogP contribution in [0.3, 0.4) is 0 Å². The molecule has 5 heteroatoms. The fourth-order valence-electron chi connectivity index (χ4n) is 1.81. The zero-order valence-corrected chi connectivity index (χ0v) is 13.5. The van der Waals surface area contributed by atoms with Crippen molar-refractivity contribution in [1.82, 2.24) is 5.32 Å². The highest BCUT2D eigenvalue weighted by Crippen LogP contribution is 2.21. The van der Waals surface area contributed by atoms with Gasteiger partial charge in [0.15, 0.2) is 0 Å². The minimum Gasteiger partial charge on any atom is -0.460 e. The Morgan fingerprint density at radius 2 is 1.62 bits per heavy atom. The highest BCUT2D eigenvalue weighted by molar-refractivity contribution is 5.96. The molecule has 0 aromatic heterocycles. The Balaban J connectivity index is 1.85. The Bertz CT molecular complexity index is 708. The summed E-state index contributed by atoms with van der Waals surface area (Å²) < 4.78 is 10.6. The molecule has 0 atom stereocenters. The average molecular weight is 325 g/mol. The van der Waals surface area contributed by atoms with Crippen molar-refractivity contribution in [2.75, 3.05) is 13.2 Å². The maximum Gasteiger partial charge on any atom is 0.325 e. The van der Waals surface area contributed by atoms with E-state index in [9.17, 15) is 9.59 Å². The maximum atomic E-state index is 12.0. The number of hydrogen-bond donors (Lipinski definition) is 1. The topological polar surface area (TPSA) is 64.6 Å². The van der Waals surface area contributed by atoms with Crippen LogP contribution in [0.15, 0.2) is 66.7 Å². The van der Waals surface area contributed by atoms with Crippen LogP contribution >= 0.6 is 0 Å². The highest BCUT2D eigenvalue weighted by atomic mass is 16.5. The number of benzene rings is 2. The molecule has 0 saturated heterocycles. The van der Waals surface area contributed by atoms with Crippen molar-refractivity contribution >= 4 is 11.9 Å². The van der Waals surface area contributed by atoms with E-state index in [4.69, 9.17) is 9.47 Å². The predicted octanol–water partition coefficient (Wildman–Crippen LogP) is 3.33. The molecule has 1 amide bonds. The van der Waals surface area contributed by atoms with Gasteiger partial charge in [-0.25, -0.2) is 0 Å². The first kappa shape index (κ1) is 17.3. The molecule has 2 aromatic carbocycles. The van der Waals surface area contributed by atoms with Crippen molar-refractivity contribution in [3.05, 3.63) is 72.3 Å². The van der Waals surface area contributed by atoms with E-state index >= 15 is 0 Å². The fraction of sp³-hybridized carbons (Fsp3) is 0.158. The number of para-hydroxylation sites is 1. The Kier molecular flexibility index (Phi) is 6.14. The monoisotopic (exact) mass is 325 g/mol. The normalized spacial score (nSPS) is 9.88. The number of rotatable bonds is 7. The second-order valence-electron chi connectivity index (χ2n) is 5.24. The molecule has 0 bridgehead atoms. The van der Waals surface area contributed by atoms with Crippen LogP contribution in [-0.2, 0) is 9.53 Å². The summed E-state index contributed by atoms with van der Waals surface area (Å²) >= 11 is 0. The van der Waals surface area contributed by atoms with E-state index in [2.05, 4.69) is 11.9 Å². The first-order valence-electron chi connectivity index (χ1n) is 7.46. The van der Waals surface area contributed by atoms with Gasteiger partial charge >= 0.3 is 5.97 Å². The first-order chi connectivity index (χ1) is 11.5. The minimum absolute atomic E-state index is 0.153. The van der Waals surface area contributed by atoms with Crippen LogP contribution in [-0.4, -0.2) is 25.0 Å². The lowest BCUT2D eigenvalue weighted by Gasteiger charge is -2.08. The van der Waals surface area contributed by atoms with E-state index in [-0.39, 0.29) is 19.1 Å². The Hall–Kier alpha value is -3.08. The van der Waals surface area contributed by atoms with Crippen LogP contribution in [0.25, 0.3) is 0 Å². The number of amides is 1.